The Morgan fingerprint density at radius 3 is 2.70 bits per heavy atom. The first-order valence-corrected chi connectivity index (χ1v) is 7.32. The maximum Gasteiger partial charge on any atom is 0.254 e. The smallest absolute Gasteiger partial charge is 0.254 e. The number of pyridine rings is 1. The van der Waals surface area contributed by atoms with Crippen molar-refractivity contribution in [1.29, 1.82) is 0 Å². The Morgan fingerprint density at radius 1 is 1.35 bits per heavy atom. The van der Waals surface area contributed by atoms with Crippen molar-refractivity contribution in [2.45, 2.75) is 33.2 Å². The first kappa shape index (κ1) is 14.8. The minimum absolute atomic E-state index is 0.0161. The Labute approximate surface area is 124 Å². The zero-order chi connectivity index (χ0) is 14.7. The average Bonchev–Trinajstić information content (AvgIpc) is 2.46. The topological polar surface area (TPSA) is 33.2 Å². The molecule has 1 aromatic heterocycles. The lowest BCUT2D eigenvalue weighted by Crippen LogP contribution is -2.38. The highest BCUT2D eigenvalue weighted by Crippen LogP contribution is 2.23. The van der Waals surface area contributed by atoms with E-state index in [9.17, 15) is 4.79 Å². The predicted octanol–water partition coefficient (Wildman–Crippen LogP) is 4.15. The second kappa shape index (κ2) is 6.23. The number of carbonyl (C=O) groups is 1. The monoisotopic (exact) mass is 290 g/mol. The van der Waals surface area contributed by atoms with E-state index in [0.29, 0.717) is 17.3 Å². The third-order valence-corrected chi connectivity index (χ3v) is 3.83. The third kappa shape index (κ3) is 2.78. The van der Waals surface area contributed by atoms with Gasteiger partial charge < -0.3 is 4.90 Å². The van der Waals surface area contributed by atoms with Crippen LogP contribution in [0.15, 0.2) is 30.3 Å². The molecule has 0 aliphatic carbocycles. The van der Waals surface area contributed by atoms with Crippen LogP contribution < -0.4 is 0 Å². The zero-order valence-electron chi connectivity index (χ0n) is 12.1. The molecule has 3 nitrogen and oxygen atoms in total. The molecule has 0 aliphatic heterocycles. The molecule has 2 aromatic rings. The van der Waals surface area contributed by atoms with Crippen molar-refractivity contribution >= 4 is 28.4 Å². The second-order valence-corrected chi connectivity index (χ2v) is 5.25. The Kier molecular flexibility index (Phi) is 4.61. The van der Waals surface area contributed by atoms with E-state index in [4.69, 9.17) is 11.6 Å². The van der Waals surface area contributed by atoms with Gasteiger partial charge in [0.15, 0.2) is 0 Å². The van der Waals surface area contributed by atoms with Crippen LogP contribution in [-0.2, 0) is 0 Å². The number of amides is 1. The van der Waals surface area contributed by atoms with Gasteiger partial charge in [0.1, 0.15) is 5.15 Å². The molecule has 0 radical (unpaired) electrons. The van der Waals surface area contributed by atoms with E-state index >= 15 is 0 Å². The molecule has 1 atom stereocenters. The van der Waals surface area contributed by atoms with Crippen LogP contribution in [0.5, 0.6) is 0 Å². The van der Waals surface area contributed by atoms with Crippen LogP contribution in [0.2, 0.25) is 5.15 Å². The van der Waals surface area contributed by atoms with E-state index < -0.39 is 0 Å². The molecule has 0 bridgehead atoms. The summed E-state index contributed by atoms with van der Waals surface area (Å²) >= 11 is 6.05. The molecule has 20 heavy (non-hydrogen) atoms. The number of hydrogen-bond donors (Lipinski definition) is 0. The van der Waals surface area contributed by atoms with Crippen LogP contribution in [-0.4, -0.2) is 28.4 Å². The fraction of sp³-hybridized carbons (Fsp3) is 0.375. The molecule has 4 heteroatoms. The standard InChI is InChI=1S/C16H19ClN2O/c1-4-11(3)19(5-2)16(20)13-10-15(17)18-14-9-7-6-8-12(13)14/h6-11H,4-5H2,1-3H3. The maximum atomic E-state index is 12.8. The number of para-hydroxylation sites is 1. The summed E-state index contributed by atoms with van der Waals surface area (Å²) in [6.45, 7) is 6.82. The number of fused-ring (bicyclic) bond motifs is 1. The van der Waals surface area contributed by atoms with Gasteiger partial charge in [-0.05, 0) is 32.4 Å². The Morgan fingerprint density at radius 2 is 2.05 bits per heavy atom. The molecular formula is C16H19ClN2O. The number of nitrogens with zero attached hydrogens (tertiary/aromatic N) is 2. The van der Waals surface area contributed by atoms with Crippen molar-refractivity contribution < 1.29 is 4.79 Å². The minimum atomic E-state index is 0.0161. The molecular weight excluding hydrogens is 272 g/mol. The predicted molar refractivity (Wildman–Crippen MR) is 83.2 cm³/mol. The highest BCUT2D eigenvalue weighted by atomic mass is 35.5. The van der Waals surface area contributed by atoms with Crippen molar-refractivity contribution in [2.24, 2.45) is 0 Å². The third-order valence-electron chi connectivity index (χ3n) is 3.64. The summed E-state index contributed by atoms with van der Waals surface area (Å²) in [5.41, 5.74) is 1.38. The number of hydrogen-bond acceptors (Lipinski definition) is 2. The molecule has 106 valence electrons. The molecule has 0 saturated carbocycles. The van der Waals surface area contributed by atoms with Crippen LogP contribution in [0.25, 0.3) is 10.9 Å². The SMILES string of the molecule is CCC(C)N(CC)C(=O)c1cc(Cl)nc2ccccc12. The van der Waals surface area contributed by atoms with Crippen LogP contribution in [0.1, 0.15) is 37.6 Å². The van der Waals surface area contributed by atoms with E-state index in [2.05, 4.69) is 18.8 Å². The largest absolute Gasteiger partial charge is 0.336 e. The number of benzene rings is 1. The van der Waals surface area contributed by atoms with E-state index in [1.807, 2.05) is 36.1 Å². The summed E-state index contributed by atoms with van der Waals surface area (Å²) in [6.07, 6.45) is 0.927. The van der Waals surface area contributed by atoms with Gasteiger partial charge in [-0.2, -0.15) is 0 Å². The van der Waals surface area contributed by atoms with Crippen molar-refractivity contribution in [3.8, 4) is 0 Å². The quantitative estimate of drug-likeness (QED) is 0.793. The van der Waals surface area contributed by atoms with Gasteiger partial charge >= 0.3 is 0 Å². The van der Waals surface area contributed by atoms with Crippen molar-refractivity contribution in [1.82, 2.24) is 9.88 Å². The van der Waals surface area contributed by atoms with Crippen LogP contribution >= 0.6 is 11.6 Å². The van der Waals surface area contributed by atoms with Gasteiger partial charge in [-0.25, -0.2) is 4.98 Å². The molecule has 0 aliphatic rings. The highest BCUT2D eigenvalue weighted by molar-refractivity contribution is 6.30. The number of aromatic nitrogens is 1. The average molecular weight is 291 g/mol. The number of carbonyl (C=O) groups excluding carboxylic acids is 1. The van der Waals surface area contributed by atoms with Gasteiger partial charge in [-0.3, -0.25) is 4.79 Å². The van der Waals surface area contributed by atoms with E-state index in [1.165, 1.54) is 0 Å². The summed E-state index contributed by atoms with van der Waals surface area (Å²) in [6, 6.07) is 9.46. The molecule has 0 spiro atoms. The lowest BCUT2D eigenvalue weighted by Gasteiger charge is -2.27. The summed E-state index contributed by atoms with van der Waals surface area (Å²) in [7, 11) is 0. The normalized spacial score (nSPS) is 12.4. The van der Waals surface area contributed by atoms with Gasteiger partial charge in [0, 0.05) is 18.0 Å². The second-order valence-electron chi connectivity index (χ2n) is 4.86. The van der Waals surface area contributed by atoms with Crippen LogP contribution in [0, 0.1) is 0 Å². The first-order valence-electron chi connectivity index (χ1n) is 6.94. The molecule has 0 saturated heterocycles. The molecule has 1 heterocycles. The Bertz CT molecular complexity index is 627. The van der Waals surface area contributed by atoms with Gasteiger partial charge in [0.25, 0.3) is 5.91 Å². The van der Waals surface area contributed by atoms with Crippen molar-refractivity contribution in [3.05, 3.63) is 41.0 Å². The number of halogens is 1. The Hall–Kier alpha value is -1.61. The molecule has 0 N–H and O–H groups in total. The van der Waals surface area contributed by atoms with Crippen molar-refractivity contribution in [2.75, 3.05) is 6.54 Å². The van der Waals surface area contributed by atoms with Gasteiger partial charge in [0.2, 0.25) is 0 Å². The molecule has 1 aromatic carbocycles. The van der Waals surface area contributed by atoms with Gasteiger partial charge in [-0.15, -0.1) is 0 Å². The molecule has 0 fully saturated rings. The van der Waals surface area contributed by atoms with Crippen molar-refractivity contribution in [3.63, 3.8) is 0 Å². The zero-order valence-corrected chi connectivity index (χ0v) is 12.8. The van der Waals surface area contributed by atoms with Gasteiger partial charge in [-0.1, -0.05) is 36.7 Å². The maximum absolute atomic E-state index is 12.8. The summed E-state index contributed by atoms with van der Waals surface area (Å²) in [5.74, 6) is 0.0161. The summed E-state index contributed by atoms with van der Waals surface area (Å²) < 4.78 is 0. The summed E-state index contributed by atoms with van der Waals surface area (Å²) in [5, 5.41) is 1.20. The molecule has 1 unspecified atom stereocenters. The fourth-order valence-corrected chi connectivity index (χ4v) is 2.55. The van der Waals surface area contributed by atoms with Crippen LogP contribution in [0.4, 0.5) is 0 Å². The first-order chi connectivity index (χ1) is 9.58. The van der Waals surface area contributed by atoms with E-state index in [1.54, 1.807) is 6.07 Å². The summed E-state index contributed by atoms with van der Waals surface area (Å²) in [4.78, 5) is 18.9. The lowest BCUT2D eigenvalue weighted by atomic mass is 10.1. The molecule has 2 rings (SSSR count). The van der Waals surface area contributed by atoms with Crippen LogP contribution in [0.3, 0.4) is 0 Å². The van der Waals surface area contributed by atoms with E-state index in [0.717, 1.165) is 17.3 Å². The van der Waals surface area contributed by atoms with E-state index in [-0.39, 0.29) is 11.9 Å². The molecule has 1 amide bonds. The van der Waals surface area contributed by atoms with Gasteiger partial charge in [0.05, 0.1) is 11.1 Å². The Balaban J connectivity index is 2.53. The lowest BCUT2D eigenvalue weighted by molar-refractivity contribution is 0.0702. The highest BCUT2D eigenvalue weighted by Gasteiger charge is 2.21. The number of rotatable bonds is 4. The fourth-order valence-electron chi connectivity index (χ4n) is 2.35. The minimum Gasteiger partial charge on any atom is -0.336 e.